The van der Waals surface area contributed by atoms with E-state index < -0.39 is 41.4 Å². The maximum absolute atomic E-state index is 13.5. The van der Waals surface area contributed by atoms with Crippen molar-refractivity contribution in [2.45, 2.75) is 25.6 Å². The molecule has 0 spiro atoms. The number of nitrogens with zero attached hydrogens (tertiary/aromatic N) is 3. The number of carbonyl (C=O) groups excluding carboxylic acids is 1. The highest BCUT2D eigenvalue weighted by Gasteiger charge is 2.43. The number of halogens is 5. The number of hydrogen-bond donors (Lipinski definition) is 1. The summed E-state index contributed by atoms with van der Waals surface area (Å²) >= 11 is 5.77. The van der Waals surface area contributed by atoms with Gasteiger partial charge in [-0.15, -0.1) is 0 Å². The molecule has 31 heavy (non-hydrogen) atoms. The van der Waals surface area contributed by atoms with E-state index in [0.717, 1.165) is 23.1 Å². The van der Waals surface area contributed by atoms with Gasteiger partial charge in [0.1, 0.15) is 17.7 Å². The summed E-state index contributed by atoms with van der Waals surface area (Å²) in [6.45, 7) is 1.20. The van der Waals surface area contributed by atoms with E-state index in [1.54, 1.807) is 0 Å². The standard InChI is InChI=1S/C20H18ClF4N3O3/c1-10-5-12(20(23,24)25)7-17(26-10)28-9-11(19(30)31)6-16(28)18(29)27(2)13-3-4-15(22)14(21)8-13/h3-5,7-8,11,16H,6,9H2,1-2H3,(H,30,31)/t11-,16+/m1/s1. The molecule has 1 aromatic carbocycles. The summed E-state index contributed by atoms with van der Waals surface area (Å²) in [7, 11) is 1.39. The zero-order chi connectivity index (χ0) is 23.1. The van der Waals surface area contributed by atoms with Crippen LogP contribution in [0.1, 0.15) is 17.7 Å². The van der Waals surface area contributed by atoms with Crippen molar-refractivity contribution in [3.63, 3.8) is 0 Å². The molecule has 1 amide bonds. The molecule has 1 N–H and O–H groups in total. The Morgan fingerprint density at radius 3 is 2.52 bits per heavy atom. The summed E-state index contributed by atoms with van der Waals surface area (Å²) < 4.78 is 53.2. The van der Waals surface area contributed by atoms with Crippen molar-refractivity contribution in [2.75, 3.05) is 23.4 Å². The lowest BCUT2D eigenvalue weighted by molar-refractivity contribution is -0.141. The number of aliphatic carboxylic acids is 1. The number of aryl methyl sites for hydroxylation is 1. The van der Waals surface area contributed by atoms with E-state index >= 15 is 0 Å². The van der Waals surface area contributed by atoms with Gasteiger partial charge in [0, 0.05) is 25.0 Å². The molecule has 2 aromatic rings. The van der Waals surface area contributed by atoms with E-state index in [1.165, 1.54) is 31.0 Å². The van der Waals surface area contributed by atoms with Crippen LogP contribution in [-0.2, 0) is 15.8 Å². The third kappa shape index (κ3) is 4.73. The number of rotatable bonds is 4. The Hall–Kier alpha value is -2.88. The van der Waals surface area contributed by atoms with Gasteiger partial charge in [0.25, 0.3) is 0 Å². The van der Waals surface area contributed by atoms with Crippen LogP contribution in [0.2, 0.25) is 5.02 Å². The smallest absolute Gasteiger partial charge is 0.416 e. The molecule has 166 valence electrons. The number of amides is 1. The van der Waals surface area contributed by atoms with Crippen LogP contribution in [0.3, 0.4) is 0 Å². The zero-order valence-corrected chi connectivity index (χ0v) is 17.2. The second-order valence-electron chi connectivity index (χ2n) is 7.29. The maximum Gasteiger partial charge on any atom is 0.416 e. The molecular formula is C20H18ClF4N3O3. The second kappa shape index (κ2) is 8.33. The number of alkyl halides is 3. The third-order valence-electron chi connectivity index (χ3n) is 5.12. The zero-order valence-electron chi connectivity index (χ0n) is 16.5. The van der Waals surface area contributed by atoms with Gasteiger partial charge >= 0.3 is 12.1 Å². The average molecular weight is 460 g/mol. The van der Waals surface area contributed by atoms with Crippen LogP contribution >= 0.6 is 11.6 Å². The fourth-order valence-electron chi connectivity index (χ4n) is 3.51. The molecular weight excluding hydrogens is 442 g/mol. The number of hydrogen-bond acceptors (Lipinski definition) is 4. The number of pyridine rings is 1. The second-order valence-corrected chi connectivity index (χ2v) is 7.70. The van der Waals surface area contributed by atoms with Gasteiger partial charge in [-0.1, -0.05) is 11.6 Å². The van der Waals surface area contributed by atoms with Crippen molar-refractivity contribution in [2.24, 2.45) is 5.92 Å². The highest BCUT2D eigenvalue weighted by Crippen LogP contribution is 2.35. The molecule has 3 rings (SSSR count). The largest absolute Gasteiger partial charge is 0.481 e. The Morgan fingerprint density at radius 1 is 1.26 bits per heavy atom. The van der Waals surface area contributed by atoms with Gasteiger partial charge in [-0.2, -0.15) is 13.2 Å². The van der Waals surface area contributed by atoms with Gasteiger partial charge in [0.2, 0.25) is 5.91 Å². The topological polar surface area (TPSA) is 73.7 Å². The lowest BCUT2D eigenvalue weighted by atomic mass is 10.1. The summed E-state index contributed by atoms with van der Waals surface area (Å²) in [6.07, 6.45) is -4.75. The van der Waals surface area contributed by atoms with Gasteiger partial charge in [0.05, 0.1) is 16.5 Å². The molecule has 1 fully saturated rings. The summed E-state index contributed by atoms with van der Waals surface area (Å²) in [5.41, 5.74) is -0.615. The fourth-order valence-corrected chi connectivity index (χ4v) is 3.68. The average Bonchev–Trinajstić information content (AvgIpc) is 3.13. The highest BCUT2D eigenvalue weighted by atomic mass is 35.5. The van der Waals surface area contributed by atoms with Gasteiger partial charge in [0.15, 0.2) is 0 Å². The van der Waals surface area contributed by atoms with Gasteiger partial charge in [-0.05, 0) is 43.7 Å². The summed E-state index contributed by atoms with van der Waals surface area (Å²) in [5.74, 6) is -3.54. The Balaban J connectivity index is 1.99. The number of carboxylic acids is 1. The maximum atomic E-state index is 13.5. The molecule has 1 aromatic heterocycles. The Bertz CT molecular complexity index is 1030. The molecule has 1 aliphatic rings. The van der Waals surface area contributed by atoms with Crippen LogP contribution in [0.5, 0.6) is 0 Å². The van der Waals surface area contributed by atoms with Crippen molar-refractivity contribution in [3.8, 4) is 0 Å². The lowest BCUT2D eigenvalue weighted by Gasteiger charge is -2.29. The molecule has 1 saturated heterocycles. The van der Waals surface area contributed by atoms with Crippen LogP contribution in [-0.4, -0.2) is 41.6 Å². The van der Waals surface area contributed by atoms with E-state index in [9.17, 15) is 32.3 Å². The van der Waals surface area contributed by atoms with E-state index in [4.69, 9.17) is 11.6 Å². The van der Waals surface area contributed by atoms with Crippen LogP contribution < -0.4 is 9.80 Å². The first-order valence-corrected chi connectivity index (χ1v) is 9.54. The van der Waals surface area contributed by atoms with Crippen molar-refractivity contribution >= 4 is 35.0 Å². The van der Waals surface area contributed by atoms with Crippen LogP contribution in [0.25, 0.3) is 0 Å². The van der Waals surface area contributed by atoms with E-state index in [2.05, 4.69) is 4.98 Å². The first-order chi connectivity index (χ1) is 14.4. The van der Waals surface area contributed by atoms with Gasteiger partial charge in [-0.3, -0.25) is 9.59 Å². The van der Waals surface area contributed by atoms with E-state index in [0.29, 0.717) is 0 Å². The number of carboxylic acid groups (broad SMARTS) is 1. The summed E-state index contributed by atoms with van der Waals surface area (Å²) in [5, 5.41) is 9.22. The molecule has 11 heteroatoms. The lowest BCUT2D eigenvalue weighted by Crippen LogP contribution is -2.44. The molecule has 0 aliphatic carbocycles. The molecule has 0 bridgehead atoms. The Kier molecular flexibility index (Phi) is 6.13. The third-order valence-corrected chi connectivity index (χ3v) is 5.41. The number of anilines is 2. The van der Waals surface area contributed by atoms with E-state index in [1.807, 2.05) is 0 Å². The van der Waals surface area contributed by atoms with E-state index in [-0.39, 0.29) is 35.2 Å². The number of aromatic nitrogens is 1. The van der Waals surface area contributed by atoms with Crippen LogP contribution in [0, 0.1) is 18.7 Å². The molecule has 1 aliphatic heterocycles. The predicted molar refractivity (Wildman–Crippen MR) is 106 cm³/mol. The number of carbonyl (C=O) groups is 2. The Morgan fingerprint density at radius 2 is 1.94 bits per heavy atom. The summed E-state index contributed by atoms with van der Waals surface area (Å²) in [4.78, 5) is 31.3. The molecule has 2 atom stereocenters. The van der Waals surface area contributed by atoms with Crippen molar-refractivity contribution in [1.29, 1.82) is 0 Å². The van der Waals surface area contributed by atoms with Gasteiger partial charge in [-0.25, -0.2) is 9.37 Å². The predicted octanol–water partition coefficient (Wildman–Crippen LogP) is 4.14. The quantitative estimate of drug-likeness (QED) is 0.695. The Labute approximate surface area is 180 Å². The van der Waals surface area contributed by atoms with Crippen molar-refractivity contribution in [1.82, 2.24) is 4.98 Å². The van der Waals surface area contributed by atoms with Crippen LogP contribution in [0.4, 0.5) is 29.1 Å². The normalized spacial score (nSPS) is 18.9. The number of likely N-dealkylation sites (N-methyl/N-ethyl adjacent to an activating group) is 1. The fraction of sp³-hybridized carbons (Fsp3) is 0.350. The molecule has 6 nitrogen and oxygen atoms in total. The minimum atomic E-state index is -4.63. The minimum Gasteiger partial charge on any atom is -0.481 e. The van der Waals surface area contributed by atoms with Crippen LogP contribution in [0.15, 0.2) is 30.3 Å². The molecule has 0 radical (unpaired) electrons. The monoisotopic (exact) mass is 459 g/mol. The highest BCUT2D eigenvalue weighted by molar-refractivity contribution is 6.31. The molecule has 0 unspecified atom stereocenters. The summed E-state index contributed by atoms with van der Waals surface area (Å²) in [6, 6.07) is 4.22. The number of benzene rings is 1. The first kappa shape index (κ1) is 22.8. The van der Waals surface area contributed by atoms with Gasteiger partial charge < -0.3 is 14.9 Å². The molecule has 0 saturated carbocycles. The first-order valence-electron chi connectivity index (χ1n) is 9.16. The SMILES string of the molecule is Cc1cc(C(F)(F)F)cc(N2C[C@H](C(=O)O)C[C@H]2C(=O)N(C)c2ccc(F)c(Cl)c2)n1. The minimum absolute atomic E-state index is 0.0773. The van der Waals surface area contributed by atoms with Crippen molar-refractivity contribution < 1.29 is 32.3 Å². The molecule has 2 heterocycles. The van der Waals surface area contributed by atoms with Crippen molar-refractivity contribution in [3.05, 3.63) is 52.4 Å².